The van der Waals surface area contributed by atoms with E-state index in [1.807, 2.05) is 36.8 Å². The van der Waals surface area contributed by atoms with Crippen molar-refractivity contribution >= 4 is 28.7 Å². The molecule has 0 aromatic heterocycles. The zero-order valence-electron chi connectivity index (χ0n) is 10.8. The SMILES string of the molecule is O=C(Cc1ccccc1)SC12CC[CH]C1C(=O)NC2=O. The summed E-state index contributed by atoms with van der Waals surface area (Å²) >= 11 is 1.03. The second-order valence-electron chi connectivity index (χ2n) is 5.10. The molecule has 1 aliphatic heterocycles. The molecule has 3 rings (SSSR count). The van der Waals surface area contributed by atoms with Gasteiger partial charge in [-0.2, -0.15) is 0 Å². The number of carbonyl (C=O) groups is 3. The molecule has 1 aromatic rings. The maximum Gasteiger partial charge on any atom is 0.244 e. The minimum Gasteiger partial charge on any atom is -0.295 e. The van der Waals surface area contributed by atoms with Crippen LogP contribution >= 0.6 is 11.8 Å². The van der Waals surface area contributed by atoms with Crippen LogP contribution in [-0.4, -0.2) is 21.7 Å². The van der Waals surface area contributed by atoms with Gasteiger partial charge in [0.2, 0.25) is 11.8 Å². The minimum absolute atomic E-state index is 0.0682. The van der Waals surface area contributed by atoms with E-state index >= 15 is 0 Å². The van der Waals surface area contributed by atoms with Crippen LogP contribution in [0.5, 0.6) is 0 Å². The predicted octanol–water partition coefficient (Wildman–Crippen LogP) is 1.50. The van der Waals surface area contributed by atoms with Crippen molar-refractivity contribution in [3.05, 3.63) is 42.3 Å². The van der Waals surface area contributed by atoms with Gasteiger partial charge >= 0.3 is 0 Å². The van der Waals surface area contributed by atoms with Crippen molar-refractivity contribution in [2.24, 2.45) is 5.92 Å². The number of hydrogen-bond donors (Lipinski definition) is 1. The van der Waals surface area contributed by atoms with E-state index in [4.69, 9.17) is 0 Å². The molecule has 2 unspecified atom stereocenters. The average Bonchev–Trinajstić information content (AvgIpc) is 2.92. The zero-order chi connectivity index (χ0) is 14.2. The van der Waals surface area contributed by atoms with Crippen LogP contribution in [0.2, 0.25) is 0 Å². The topological polar surface area (TPSA) is 63.2 Å². The van der Waals surface area contributed by atoms with E-state index in [9.17, 15) is 14.4 Å². The molecular weight excluding hydrogens is 274 g/mol. The fourth-order valence-electron chi connectivity index (χ4n) is 2.84. The highest BCUT2D eigenvalue weighted by molar-refractivity contribution is 8.15. The molecule has 2 amide bonds. The van der Waals surface area contributed by atoms with Crippen LogP contribution in [-0.2, 0) is 20.8 Å². The van der Waals surface area contributed by atoms with Crippen LogP contribution in [0.3, 0.4) is 0 Å². The van der Waals surface area contributed by atoms with Crippen LogP contribution in [0, 0.1) is 12.3 Å². The highest BCUT2D eigenvalue weighted by Crippen LogP contribution is 2.49. The lowest BCUT2D eigenvalue weighted by Gasteiger charge is -2.22. The number of rotatable bonds is 3. The van der Waals surface area contributed by atoms with Gasteiger partial charge in [-0.15, -0.1) is 0 Å². The van der Waals surface area contributed by atoms with Crippen LogP contribution in [0.15, 0.2) is 30.3 Å². The number of amides is 2. The van der Waals surface area contributed by atoms with E-state index in [2.05, 4.69) is 5.32 Å². The largest absolute Gasteiger partial charge is 0.295 e. The highest BCUT2D eigenvalue weighted by atomic mass is 32.2. The first-order chi connectivity index (χ1) is 9.62. The van der Waals surface area contributed by atoms with E-state index in [1.165, 1.54) is 0 Å². The Balaban J connectivity index is 1.75. The summed E-state index contributed by atoms with van der Waals surface area (Å²) in [5, 5.41) is 2.28. The van der Waals surface area contributed by atoms with Crippen molar-refractivity contribution < 1.29 is 14.4 Å². The third-order valence-corrected chi connectivity index (χ3v) is 5.19. The van der Waals surface area contributed by atoms with Gasteiger partial charge in [0, 0.05) is 6.42 Å². The fraction of sp³-hybridized carbons (Fsp3) is 0.333. The molecule has 2 atom stereocenters. The van der Waals surface area contributed by atoms with Gasteiger partial charge in [0.15, 0.2) is 5.12 Å². The first kappa shape index (κ1) is 13.4. The minimum atomic E-state index is -0.900. The molecule has 20 heavy (non-hydrogen) atoms. The Labute approximate surface area is 121 Å². The molecule has 4 nitrogen and oxygen atoms in total. The summed E-state index contributed by atoms with van der Waals surface area (Å²) in [4.78, 5) is 36.0. The second kappa shape index (κ2) is 5.05. The quantitative estimate of drug-likeness (QED) is 0.856. The van der Waals surface area contributed by atoms with Crippen LogP contribution in [0.4, 0.5) is 0 Å². The smallest absolute Gasteiger partial charge is 0.244 e. The summed E-state index contributed by atoms with van der Waals surface area (Å²) < 4.78 is -0.900. The first-order valence-electron chi connectivity index (χ1n) is 6.56. The van der Waals surface area contributed by atoms with E-state index in [0.29, 0.717) is 12.8 Å². The summed E-state index contributed by atoms with van der Waals surface area (Å²) in [5.41, 5.74) is 0.921. The van der Waals surface area contributed by atoms with E-state index in [-0.39, 0.29) is 23.4 Å². The zero-order valence-corrected chi connectivity index (χ0v) is 11.6. The van der Waals surface area contributed by atoms with Gasteiger partial charge < -0.3 is 0 Å². The van der Waals surface area contributed by atoms with Gasteiger partial charge in [-0.25, -0.2) is 0 Å². The molecule has 0 spiro atoms. The molecule has 1 N–H and O–H groups in total. The Morgan fingerprint density at radius 3 is 2.80 bits per heavy atom. The molecule has 1 saturated heterocycles. The average molecular weight is 288 g/mol. The fourth-order valence-corrected chi connectivity index (χ4v) is 4.18. The Hall–Kier alpha value is -1.62. The van der Waals surface area contributed by atoms with Gasteiger partial charge in [0.05, 0.1) is 5.92 Å². The van der Waals surface area contributed by atoms with Crippen molar-refractivity contribution in [2.45, 2.75) is 24.0 Å². The molecule has 5 heteroatoms. The number of fused-ring (bicyclic) bond motifs is 1. The number of nitrogens with one attached hydrogen (secondary N) is 1. The lowest BCUT2D eigenvalue weighted by atomic mass is 9.98. The van der Waals surface area contributed by atoms with Crippen LogP contribution in [0.25, 0.3) is 0 Å². The van der Waals surface area contributed by atoms with Gasteiger partial charge in [-0.1, -0.05) is 42.1 Å². The summed E-state index contributed by atoms with van der Waals surface area (Å²) in [5.74, 6) is -1.04. The molecule has 2 aliphatic rings. The Bertz CT molecular complexity index is 572. The van der Waals surface area contributed by atoms with Crippen molar-refractivity contribution in [3.8, 4) is 0 Å². The standard InChI is InChI=1S/C15H14NO3S/c17-12(9-10-5-2-1-3-6-10)20-15-8-4-7-11(15)13(18)16-14(15)19/h1-3,5-7,11H,4,8-9H2,(H,16,18,19). The van der Waals surface area contributed by atoms with Crippen LogP contribution in [0.1, 0.15) is 18.4 Å². The Morgan fingerprint density at radius 1 is 1.30 bits per heavy atom. The molecule has 1 aromatic carbocycles. The van der Waals surface area contributed by atoms with Gasteiger partial charge in [-0.3, -0.25) is 19.7 Å². The van der Waals surface area contributed by atoms with Crippen LogP contribution < -0.4 is 5.32 Å². The second-order valence-corrected chi connectivity index (χ2v) is 6.48. The number of imide groups is 1. The van der Waals surface area contributed by atoms with E-state index < -0.39 is 10.7 Å². The van der Waals surface area contributed by atoms with Crippen molar-refractivity contribution in [1.29, 1.82) is 0 Å². The Morgan fingerprint density at radius 2 is 2.05 bits per heavy atom. The summed E-state index contributed by atoms with van der Waals surface area (Å²) in [6.45, 7) is 0. The third kappa shape index (κ3) is 2.16. The molecule has 1 heterocycles. The lowest BCUT2D eigenvalue weighted by Crippen LogP contribution is -2.37. The van der Waals surface area contributed by atoms with Gasteiger partial charge in [0.1, 0.15) is 4.75 Å². The number of hydrogen-bond acceptors (Lipinski definition) is 4. The Kier molecular flexibility index (Phi) is 3.38. The maximum atomic E-state index is 12.2. The van der Waals surface area contributed by atoms with Crippen molar-refractivity contribution in [3.63, 3.8) is 0 Å². The predicted molar refractivity (Wildman–Crippen MR) is 75.6 cm³/mol. The van der Waals surface area contributed by atoms with Crippen molar-refractivity contribution in [1.82, 2.24) is 5.32 Å². The first-order valence-corrected chi connectivity index (χ1v) is 7.38. The van der Waals surface area contributed by atoms with Crippen molar-refractivity contribution in [2.75, 3.05) is 0 Å². The van der Waals surface area contributed by atoms with Gasteiger partial charge in [-0.05, 0) is 24.8 Å². The highest BCUT2D eigenvalue weighted by Gasteiger charge is 2.59. The third-order valence-electron chi connectivity index (χ3n) is 3.81. The lowest BCUT2D eigenvalue weighted by molar-refractivity contribution is -0.126. The molecule has 0 bridgehead atoms. The number of benzene rings is 1. The number of thioether (sulfide) groups is 1. The van der Waals surface area contributed by atoms with E-state index in [0.717, 1.165) is 17.3 Å². The molecule has 1 saturated carbocycles. The summed E-state index contributed by atoms with van der Waals surface area (Å²) in [7, 11) is 0. The summed E-state index contributed by atoms with van der Waals surface area (Å²) in [6, 6.07) is 9.42. The maximum absolute atomic E-state index is 12.2. The van der Waals surface area contributed by atoms with E-state index in [1.54, 1.807) is 0 Å². The molecular formula is C15H14NO3S. The van der Waals surface area contributed by atoms with Gasteiger partial charge in [0.25, 0.3) is 0 Å². The molecule has 1 radical (unpaired) electrons. The monoisotopic (exact) mass is 288 g/mol. The summed E-state index contributed by atoms with van der Waals surface area (Å²) in [6.07, 6.45) is 3.39. The normalized spacial score (nSPS) is 28.3. The molecule has 1 aliphatic carbocycles. The number of carbonyl (C=O) groups excluding carboxylic acids is 3. The molecule has 2 fully saturated rings. The molecule has 103 valence electrons.